The fourth-order valence-electron chi connectivity index (χ4n) is 3.22. The van der Waals surface area contributed by atoms with E-state index < -0.39 is 0 Å². The van der Waals surface area contributed by atoms with Crippen LogP contribution in [0.1, 0.15) is 58.3 Å². The standard InChI is InChI=1S/C17H27NO3S/c1-2-21-18-8-4-3-7-15-16(19)11-13(12-17(15)20)10-14-6-5-9-22-14/h8,13-14,19H,2-7,9-12H2,1H3. The van der Waals surface area contributed by atoms with Gasteiger partial charge in [0.25, 0.3) is 0 Å². The molecule has 0 amide bonds. The molecule has 0 aromatic heterocycles. The molecule has 2 unspecified atom stereocenters. The van der Waals surface area contributed by atoms with Gasteiger partial charge in [-0.05, 0) is 57.1 Å². The van der Waals surface area contributed by atoms with E-state index in [0.29, 0.717) is 48.4 Å². The third-order valence-corrected chi connectivity index (χ3v) is 5.72. The van der Waals surface area contributed by atoms with E-state index in [2.05, 4.69) is 5.16 Å². The van der Waals surface area contributed by atoms with E-state index in [9.17, 15) is 9.90 Å². The lowest BCUT2D eigenvalue weighted by molar-refractivity contribution is -0.117. The Morgan fingerprint density at radius 1 is 1.45 bits per heavy atom. The highest BCUT2D eigenvalue weighted by Crippen LogP contribution is 2.37. The van der Waals surface area contributed by atoms with E-state index in [4.69, 9.17) is 4.84 Å². The summed E-state index contributed by atoms with van der Waals surface area (Å²) < 4.78 is 0. The Labute approximate surface area is 137 Å². The van der Waals surface area contributed by atoms with Gasteiger partial charge in [0, 0.05) is 29.9 Å². The Balaban J connectivity index is 1.77. The molecule has 0 aromatic rings. The van der Waals surface area contributed by atoms with Gasteiger partial charge in [0.05, 0.1) is 5.76 Å². The van der Waals surface area contributed by atoms with Crippen molar-refractivity contribution < 1.29 is 14.7 Å². The molecule has 5 heteroatoms. The van der Waals surface area contributed by atoms with Crippen molar-refractivity contribution in [2.75, 3.05) is 12.4 Å². The molecule has 1 aliphatic carbocycles. The molecule has 2 rings (SSSR count). The van der Waals surface area contributed by atoms with Gasteiger partial charge in [0.1, 0.15) is 6.61 Å². The predicted octanol–water partition coefficient (Wildman–Crippen LogP) is 4.26. The quantitative estimate of drug-likeness (QED) is 0.411. The number of Topliss-reactive ketones (excluding diaryl/α,β-unsaturated/α-hetero) is 1. The summed E-state index contributed by atoms with van der Waals surface area (Å²) >= 11 is 2.03. The number of rotatable bonds is 8. The molecule has 124 valence electrons. The number of oxime groups is 1. The van der Waals surface area contributed by atoms with E-state index in [1.165, 1.54) is 18.6 Å². The monoisotopic (exact) mass is 325 g/mol. The Morgan fingerprint density at radius 3 is 3.00 bits per heavy atom. The molecule has 2 atom stereocenters. The third kappa shape index (κ3) is 5.34. The Kier molecular flexibility index (Phi) is 7.30. The van der Waals surface area contributed by atoms with Crippen LogP contribution in [-0.2, 0) is 9.63 Å². The number of unbranched alkanes of at least 4 members (excludes halogenated alkanes) is 1. The number of aliphatic hydroxyl groups excluding tert-OH is 1. The van der Waals surface area contributed by atoms with Crippen molar-refractivity contribution >= 4 is 23.8 Å². The van der Waals surface area contributed by atoms with Crippen LogP contribution in [-0.4, -0.2) is 34.7 Å². The Morgan fingerprint density at radius 2 is 2.32 bits per heavy atom. The number of carbonyl (C=O) groups is 1. The van der Waals surface area contributed by atoms with E-state index in [0.717, 1.165) is 19.3 Å². The highest BCUT2D eigenvalue weighted by molar-refractivity contribution is 8.00. The second kappa shape index (κ2) is 9.23. The third-order valence-electron chi connectivity index (χ3n) is 4.30. The highest BCUT2D eigenvalue weighted by atomic mass is 32.2. The van der Waals surface area contributed by atoms with Crippen molar-refractivity contribution in [1.82, 2.24) is 0 Å². The lowest BCUT2D eigenvalue weighted by Gasteiger charge is -2.25. The molecular formula is C17H27NO3S. The predicted molar refractivity (Wildman–Crippen MR) is 91.5 cm³/mol. The molecule has 22 heavy (non-hydrogen) atoms. The van der Waals surface area contributed by atoms with E-state index >= 15 is 0 Å². The fourth-order valence-corrected chi connectivity index (χ4v) is 4.63. The van der Waals surface area contributed by atoms with E-state index in [-0.39, 0.29) is 5.78 Å². The minimum absolute atomic E-state index is 0.151. The van der Waals surface area contributed by atoms with Gasteiger partial charge in [-0.2, -0.15) is 11.8 Å². The first-order valence-electron chi connectivity index (χ1n) is 8.40. The van der Waals surface area contributed by atoms with Gasteiger partial charge >= 0.3 is 0 Å². The van der Waals surface area contributed by atoms with Gasteiger partial charge in [-0.1, -0.05) is 5.16 Å². The first-order chi connectivity index (χ1) is 10.7. The van der Waals surface area contributed by atoms with Crippen LogP contribution in [0.3, 0.4) is 0 Å². The van der Waals surface area contributed by atoms with Crippen molar-refractivity contribution in [1.29, 1.82) is 0 Å². The average Bonchev–Trinajstić information content (AvgIpc) is 2.98. The summed E-state index contributed by atoms with van der Waals surface area (Å²) in [5, 5.41) is 14.7. The average molecular weight is 325 g/mol. The number of hydrogen-bond donors (Lipinski definition) is 1. The van der Waals surface area contributed by atoms with Crippen LogP contribution in [0.2, 0.25) is 0 Å². The molecule has 1 N–H and O–H groups in total. The smallest absolute Gasteiger partial charge is 0.162 e. The van der Waals surface area contributed by atoms with Gasteiger partial charge < -0.3 is 9.94 Å². The number of thioether (sulfide) groups is 1. The maximum Gasteiger partial charge on any atom is 0.162 e. The van der Waals surface area contributed by atoms with Crippen molar-refractivity contribution in [3.63, 3.8) is 0 Å². The summed E-state index contributed by atoms with van der Waals surface area (Å²) in [5.41, 5.74) is 0.653. The maximum absolute atomic E-state index is 12.3. The first kappa shape index (κ1) is 17.4. The summed E-state index contributed by atoms with van der Waals surface area (Å²) in [6.07, 6.45) is 8.92. The molecule has 2 aliphatic rings. The van der Waals surface area contributed by atoms with Gasteiger partial charge in [-0.3, -0.25) is 4.79 Å². The van der Waals surface area contributed by atoms with Gasteiger partial charge in [-0.15, -0.1) is 0 Å². The summed E-state index contributed by atoms with van der Waals surface area (Å²) in [4.78, 5) is 17.2. The van der Waals surface area contributed by atoms with Crippen molar-refractivity contribution in [2.24, 2.45) is 11.1 Å². The summed E-state index contributed by atoms with van der Waals surface area (Å²) in [5.74, 6) is 2.08. The van der Waals surface area contributed by atoms with Crippen LogP contribution in [0.4, 0.5) is 0 Å². The molecule has 0 spiro atoms. The largest absolute Gasteiger partial charge is 0.512 e. The lowest BCUT2D eigenvalue weighted by Crippen LogP contribution is -2.22. The molecule has 0 saturated carbocycles. The van der Waals surface area contributed by atoms with E-state index in [1.54, 1.807) is 6.21 Å². The molecule has 1 saturated heterocycles. The normalized spacial score (nSPS) is 26.1. The van der Waals surface area contributed by atoms with Crippen molar-refractivity contribution in [2.45, 2.75) is 63.5 Å². The number of hydrogen-bond acceptors (Lipinski definition) is 5. The summed E-state index contributed by atoms with van der Waals surface area (Å²) in [6, 6.07) is 0. The van der Waals surface area contributed by atoms with Crippen LogP contribution >= 0.6 is 11.8 Å². The number of aliphatic hydroxyl groups is 1. The van der Waals surface area contributed by atoms with Crippen LogP contribution in [0.25, 0.3) is 0 Å². The number of ketones is 1. The van der Waals surface area contributed by atoms with Crippen LogP contribution < -0.4 is 0 Å². The Bertz CT molecular complexity index is 428. The minimum Gasteiger partial charge on any atom is -0.512 e. The second-order valence-corrected chi connectivity index (χ2v) is 7.50. The van der Waals surface area contributed by atoms with Gasteiger partial charge in [0.15, 0.2) is 5.78 Å². The van der Waals surface area contributed by atoms with E-state index in [1.807, 2.05) is 18.7 Å². The molecule has 0 bridgehead atoms. The molecule has 0 aromatic carbocycles. The topological polar surface area (TPSA) is 58.9 Å². The lowest BCUT2D eigenvalue weighted by atomic mass is 9.82. The zero-order valence-electron chi connectivity index (χ0n) is 13.4. The van der Waals surface area contributed by atoms with Crippen LogP contribution in [0, 0.1) is 5.92 Å². The summed E-state index contributed by atoms with van der Waals surface area (Å²) in [7, 11) is 0. The number of allylic oxidation sites excluding steroid dienone is 2. The molecule has 1 aliphatic heterocycles. The molecular weight excluding hydrogens is 298 g/mol. The van der Waals surface area contributed by atoms with Crippen molar-refractivity contribution in [3.05, 3.63) is 11.3 Å². The van der Waals surface area contributed by atoms with Crippen LogP contribution in [0.15, 0.2) is 16.5 Å². The van der Waals surface area contributed by atoms with Gasteiger partial charge in [0.2, 0.25) is 0 Å². The number of carbonyl (C=O) groups excluding carboxylic acids is 1. The SMILES string of the molecule is CCON=CCCCC1=C(O)CC(CC2CCCS2)CC1=O. The first-order valence-corrected chi connectivity index (χ1v) is 9.45. The molecule has 1 heterocycles. The minimum atomic E-state index is 0.151. The molecule has 1 fully saturated rings. The number of nitrogens with zero attached hydrogens (tertiary/aromatic N) is 1. The van der Waals surface area contributed by atoms with Gasteiger partial charge in [-0.25, -0.2) is 0 Å². The molecule has 4 nitrogen and oxygen atoms in total. The maximum atomic E-state index is 12.3. The zero-order chi connectivity index (χ0) is 15.8. The second-order valence-electron chi connectivity index (χ2n) is 6.09. The fraction of sp³-hybridized carbons (Fsp3) is 0.765. The molecule has 0 radical (unpaired) electrons. The Hall–Kier alpha value is -0.970. The van der Waals surface area contributed by atoms with Crippen molar-refractivity contribution in [3.8, 4) is 0 Å². The zero-order valence-corrected chi connectivity index (χ0v) is 14.2. The summed E-state index contributed by atoms with van der Waals surface area (Å²) in [6.45, 7) is 2.46. The van der Waals surface area contributed by atoms with Crippen LogP contribution in [0.5, 0.6) is 0 Å². The highest BCUT2D eigenvalue weighted by Gasteiger charge is 2.29.